The Kier molecular flexibility index (Phi) is 4.23. The maximum atomic E-state index is 6.24. The van der Waals surface area contributed by atoms with Gasteiger partial charge >= 0.3 is 0 Å². The van der Waals surface area contributed by atoms with E-state index in [1.165, 1.54) is 4.90 Å². The van der Waals surface area contributed by atoms with Crippen molar-refractivity contribution in [1.82, 2.24) is 14.8 Å². The van der Waals surface area contributed by atoms with Crippen LogP contribution in [-0.2, 0) is 0 Å². The molecule has 5 heteroatoms. The highest BCUT2D eigenvalue weighted by Crippen LogP contribution is 2.26. The molecule has 0 fully saturated rings. The van der Waals surface area contributed by atoms with E-state index in [0.717, 1.165) is 33.5 Å². The van der Waals surface area contributed by atoms with Crippen molar-refractivity contribution in [3.8, 4) is 17.1 Å². The molecule has 112 valence electrons. The van der Waals surface area contributed by atoms with Crippen molar-refractivity contribution in [2.45, 2.75) is 18.7 Å². The van der Waals surface area contributed by atoms with Crippen LogP contribution in [0.1, 0.15) is 11.4 Å². The number of hydrogen-bond donors (Lipinski definition) is 0. The van der Waals surface area contributed by atoms with Crippen LogP contribution in [0.15, 0.2) is 47.4 Å². The molecule has 0 amide bonds. The molecule has 1 aromatic heterocycles. The van der Waals surface area contributed by atoms with Crippen molar-refractivity contribution in [3.63, 3.8) is 0 Å². The molecule has 0 aliphatic carbocycles. The summed E-state index contributed by atoms with van der Waals surface area (Å²) in [6.45, 7) is 3.88. The molecule has 0 atom stereocenters. The van der Waals surface area contributed by atoms with Crippen molar-refractivity contribution in [2.24, 2.45) is 0 Å². The lowest BCUT2D eigenvalue weighted by molar-refractivity contribution is 0.868. The molecule has 0 aliphatic heterocycles. The summed E-state index contributed by atoms with van der Waals surface area (Å²) >= 11 is 7.97. The summed E-state index contributed by atoms with van der Waals surface area (Å²) in [5.41, 5.74) is 3.00. The van der Waals surface area contributed by atoms with Crippen molar-refractivity contribution in [1.29, 1.82) is 0 Å². The lowest BCUT2D eigenvalue weighted by atomic mass is 10.2. The second kappa shape index (κ2) is 6.15. The maximum absolute atomic E-state index is 6.24. The van der Waals surface area contributed by atoms with Crippen molar-refractivity contribution < 1.29 is 0 Å². The minimum Gasteiger partial charge on any atom is -0.213 e. The number of aryl methyl sites for hydroxylation is 2. The number of rotatable bonds is 3. The number of halogens is 1. The molecular weight excluding hydrogens is 314 g/mol. The topological polar surface area (TPSA) is 30.7 Å². The van der Waals surface area contributed by atoms with Gasteiger partial charge in [-0.25, -0.2) is 9.67 Å². The van der Waals surface area contributed by atoms with Crippen molar-refractivity contribution in [3.05, 3.63) is 58.9 Å². The minimum absolute atomic E-state index is 0.731. The third-order valence-electron chi connectivity index (χ3n) is 3.46. The first-order valence-electron chi connectivity index (χ1n) is 6.93. The number of nitrogens with zero attached hydrogens (tertiary/aromatic N) is 3. The highest BCUT2D eigenvalue weighted by Gasteiger charge is 2.12. The SMILES string of the molecule is CSc1ccc(-c2nc(C)nn2-c2ccc(C)c(Cl)c2)cc1. The Balaban J connectivity index is 2.10. The quantitative estimate of drug-likeness (QED) is 0.638. The van der Waals surface area contributed by atoms with Gasteiger partial charge in [0.05, 0.1) is 5.69 Å². The van der Waals surface area contributed by atoms with E-state index < -0.39 is 0 Å². The lowest BCUT2D eigenvalue weighted by Crippen LogP contribution is -2.00. The second-order valence-corrected chi connectivity index (χ2v) is 6.34. The molecule has 0 bridgehead atoms. The summed E-state index contributed by atoms with van der Waals surface area (Å²) in [5.74, 6) is 1.56. The fourth-order valence-electron chi connectivity index (χ4n) is 2.24. The average molecular weight is 330 g/mol. The molecule has 0 aliphatic rings. The third-order valence-corrected chi connectivity index (χ3v) is 4.61. The first-order chi connectivity index (χ1) is 10.6. The Bertz CT molecular complexity index is 809. The van der Waals surface area contributed by atoms with Gasteiger partial charge in [0.15, 0.2) is 5.82 Å². The largest absolute Gasteiger partial charge is 0.213 e. The Morgan fingerprint density at radius 3 is 2.41 bits per heavy atom. The summed E-state index contributed by atoms with van der Waals surface area (Å²) in [6, 6.07) is 14.3. The Hall–Kier alpha value is -1.78. The minimum atomic E-state index is 0.731. The monoisotopic (exact) mass is 329 g/mol. The van der Waals surface area contributed by atoms with Crippen molar-refractivity contribution in [2.75, 3.05) is 6.26 Å². The smallest absolute Gasteiger partial charge is 0.163 e. The van der Waals surface area contributed by atoms with E-state index in [2.05, 4.69) is 40.6 Å². The highest BCUT2D eigenvalue weighted by molar-refractivity contribution is 7.98. The molecule has 0 unspecified atom stereocenters. The zero-order valence-electron chi connectivity index (χ0n) is 12.7. The van der Waals surface area contributed by atoms with Gasteiger partial charge in [-0.2, -0.15) is 5.10 Å². The van der Waals surface area contributed by atoms with Gasteiger partial charge in [-0.1, -0.05) is 29.8 Å². The Morgan fingerprint density at radius 1 is 1.05 bits per heavy atom. The van der Waals surface area contributed by atoms with Gasteiger partial charge in [0.2, 0.25) is 0 Å². The van der Waals surface area contributed by atoms with Crippen LogP contribution in [-0.4, -0.2) is 21.0 Å². The van der Waals surface area contributed by atoms with Gasteiger partial charge in [-0.3, -0.25) is 0 Å². The molecule has 1 heterocycles. The summed E-state index contributed by atoms with van der Waals surface area (Å²) in [5, 5.41) is 5.24. The van der Waals surface area contributed by atoms with E-state index in [-0.39, 0.29) is 0 Å². The zero-order valence-corrected chi connectivity index (χ0v) is 14.2. The summed E-state index contributed by atoms with van der Waals surface area (Å²) in [6.07, 6.45) is 2.07. The Labute approximate surface area is 139 Å². The predicted octanol–water partition coefficient (Wildman–Crippen LogP) is 4.93. The van der Waals surface area contributed by atoms with Crippen LogP contribution < -0.4 is 0 Å². The highest BCUT2D eigenvalue weighted by atomic mass is 35.5. The van der Waals surface area contributed by atoms with E-state index in [1.54, 1.807) is 11.8 Å². The van der Waals surface area contributed by atoms with Gasteiger partial charge in [0, 0.05) is 15.5 Å². The van der Waals surface area contributed by atoms with Gasteiger partial charge < -0.3 is 0 Å². The molecule has 0 radical (unpaired) electrons. The van der Waals surface area contributed by atoms with E-state index >= 15 is 0 Å². The molecule has 3 aromatic rings. The van der Waals surface area contributed by atoms with Gasteiger partial charge in [-0.15, -0.1) is 11.8 Å². The summed E-state index contributed by atoms with van der Waals surface area (Å²) in [4.78, 5) is 5.79. The number of hydrogen-bond acceptors (Lipinski definition) is 3. The number of thioether (sulfide) groups is 1. The van der Waals surface area contributed by atoms with Gasteiger partial charge in [0.25, 0.3) is 0 Å². The van der Waals surface area contributed by atoms with Crippen molar-refractivity contribution >= 4 is 23.4 Å². The molecule has 0 spiro atoms. The molecule has 0 saturated heterocycles. The average Bonchev–Trinajstić information content (AvgIpc) is 2.92. The lowest BCUT2D eigenvalue weighted by Gasteiger charge is -2.08. The van der Waals surface area contributed by atoms with Crippen LogP contribution in [0.2, 0.25) is 5.02 Å². The third kappa shape index (κ3) is 2.89. The van der Waals surface area contributed by atoms with Crippen LogP contribution in [0, 0.1) is 13.8 Å². The van der Waals surface area contributed by atoms with Crippen LogP contribution in [0.4, 0.5) is 0 Å². The molecule has 22 heavy (non-hydrogen) atoms. The number of benzene rings is 2. The maximum Gasteiger partial charge on any atom is 0.163 e. The van der Waals surface area contributed by atoms with E-state index in [4.69, 9.17) is 11.6 Å². The summed E-state index contributed by atoms with van der Waals surface area (Å²) in [7, 11) is 0. The van der Waals surface area contributed by atoms with Crippen LogP contribution in [0.3, 0.4) is 0 Å². The van der Waals surface area contributed by atoms with Crippen LogP contribution >= 0.6 is 23.4 Å². The van der Waals surface area contributed by atoms with E-state index in [9.17, 15) is 0 Å². The fourth-order valence-corrected chi connectivity index (χ4v) is 2.82. The molecule has 3 nitrogen and oxygen atoms in total. The standard InChI is InChI=1S/C17H16ClN3S/c1-11-4-7-14(10-16(11)18)21-17(19-12(2)20-21)13-5-8-15(22-3)9-6-13/h4-10H,1-3H3. The van der Waals surface area contributed by atoms with Gasteiger partial charge in [0.1, 0.15) is 5.82 Å². The molecular formula is C17H16ClN3S. The second-order valence-electron chi connectivity index (χ2n) is 5.06. The fraction of sp³-hybridized carbons (Fsp3) is 0.176. The molecule has 2 aromatic carbocycles. The van der Waals surface area contributed by atoms with Crippen LogP contribution in [0.25, 0.3) is 17.1 Å². The van der Waals surface area contributed by atoms with Gasteiger partial charge in [-0.05, 0) is 49.9 Å². The predicted molar refractivity (Wildman–Crippen MR) is 93.1 cm³/mol. The van der Waals surface area contributed by atoms with E-state index in [1.807, 2.05) is 36.7 Å². The first kappa shape index (κ1) is 15.1. The number of aromatic nitrogens is 3. The first-order valence-corrected chi connectivity index (χ1v) is 8.53. The molecule has 3 rings (SSSR count). The zero-order chi connectivity index (χ0) is 15.7. The van der Waals surface area contributed by atoms with E-state index in [0.29, 0.717) is 0 Å². The molecule has 0 N–H and O–H groups in total. The Morgan fingerprint density at radius 2 is 1.77 bits per heavy atom. The normalized spacial score (nSPS) is 10.9. The van der Waals surface area contributed by atoms with Crippen LogP contribution in [0.5, 0.6) is 0 Å². The summed E-state index contributed by atoms with van der Waals surface area (Å²) < 4.78 is 1.84. The molecule has 0 saturated carbocycles.